The molecule has 27 heavy (non-hydrogen) atoms. The molecule has 2 saturated heterocycles. The molecule has 0 spiro atoms. The SMILES string of the molecule is CC#C[C@@H]1CNC(=O)N1c1nc2c(ccc3ncn(C4CCOCC4)c32)s1. The first kappa shape index (κ1) is 16.5. The number of hydrogen-bond donors (Lipinski definition) is 1. The molecule has 7 nitrogen and oxygen atoms in total. The van der Waals surface area contributed by atoms with Crippen molar-refractivity contribution < 1.29 is 9.53 Å². The van der Waals surface area contributed by atoms with E-state index in [2.05, 4.69) is 26.7 Å². The van der Waals surface area contributed by atoms with Crippen LogP contribution in [0.3, 0.4) is 0 Å². The Morgan fingerprint density at radius 3 is 3.00 bits per heavy atom. The van der Waals surface area contributed by atoms with Crippen LogP contribution in [0, 0.1) is 11.8 Å². The molecule has 2 aromatic heterocycles. The Morgan fingerprint density at radius 2 is 2.19 bits per heavy atom. The molecular weight excluding hydrogens is 362 g/mol. The van der Waals surface area contributed by atoms with E-state index in [0.717, 1.165) is 47.3 Å². The minimum Gasteiger partial charge on any atom is -0.381 e. The molecule has 2 amide bonds. The lowest BCUT2D eigenvalue weighted by Crippen LogP contribution is -2.33. The number of ether oxygens (including phenoxy) is 1. The molecule has 8 heteroatoms. The number of hydrogen-bond acceptors (Lipinski definition) is 5. The molecule has 1 N–H and O–H groups in total. The second kappa shape index (κ2) is 6.51. The number of nitrogens with zero attached hydrogens (tertiary/aromatic N) is 4. The van der Waals surface area contributed by atoms with Gasteiger partial charge in [-0.05, 0) is 31.9 Å². The number of thiazole rings is 1. The molecule has 2 aliphatic heterocycles. The van der Waals surface area contributed by atoms with Gasteiger partial charge in [0.15, 0.2) is 5.13 Å². The van der Waals surface area contributed by atoms with Gasteiger partial charge in [-0.3, -0.25) is 4.90 Å². The monoisotopic (exact) mass is 381 g/mol. The number of fused-ring (bicyclic) bond motifs is 3. The van der Waals surface area contributed by atoms with Crippen molar-refractivity contribution in [3.05, 3.63) is 18.5 Å². The Balaban J connectivity index is 1.64. The summed E-state index contributed by atoms with van der Waals surface area (Å²) < 4.78 is 8.79. The van der Waals surface area contributed by atoms with Gasteiger partial charge in [0.2, 0.25) is 0 Å². The Morgan fingerprint density at radius 1 is 1.33 bits per heavy atom. The largest absolute Gasteiger partial charge is 0.381 e. The van der Waals surface area contributed by atoms with Crippen molar-refractivity contribution in [3.8, 4) is 11.8 Å². The number of urea groups is 1. The quantitative estimate of drug-likeness (QED) is 0.693. The third kappa shape index (κ3) is 2.66. The first-order chi connectivity index (χ1) is 13.3. The molecule has 0 radical (unpaired) electrons. The maximum atomic E-state index is 12.3. The molecule has 138 valence electrons. The predicted octanol–water partition coefficient (Wildman–Crippen LogP) is 2.92. The number of amides is 2. The summed E-state index contributed by atoms with van der Waals surface area (Å²) in [7, 11) is 0. The molecule has 1 atom stereocenters. The lowest BCUT2D eigenvalue weighted by atomic mass is 10.1. The topological polar surface area (TPSA) is 72.3 Å². The Kier molecular flexibility index (Phi) is 3.99. The predicted molar refractivity (Wildman–Crippen MR) is 105 cm³/mol. The second-order valence-corrected chi connectivity index (χ2v) is 7.75. The van der Waals surface area contributed by atoms with Gasteiger partial charge in [-0.2, -0.15) is 0 Å². The van der Waals surface area contributed by atoms with Crippen LogP contribution in [-0.4, -0.2) is 46.4 Å². The van der Waals surface area contributed by atoms with E-state index in [-0.39, 0.29) is 12.1 Å². The van der Waals surface area contributed by atoms with E-state index < -0.39 is 0 Å². The van der Waals surface area contributed by atoms with Crippen LogP contribution >= 0.6 is 11.3 Å². The highest BCUT2D eigenvalue weighted by molar-refractivity contribution is 7.22. The number of aromatic nitrogens is 3. The van der Waals surface area contributed by atoms with E-state index in [1.165, 1.54) is 11.3 Å². The standard InChI is InChI=1S/C19H19N5O2S/c1-2-3-13-10-20-18(25)24(13)19-22-16-15(27-19)5-4-14-17(16)23(11-21-14)12-6-8-26-9-7-12/h4-5,11-13H,6-10H2,1H3,(H,20,25)/t13-/m1/s1. The molecule has 3 aromatic rings. The Labute approximate surface area is 160 Å². The molecule has 2 fully saturated rings. The third-order valence-corrected chi connectivity index (χ3v) is 6.18. The summed E-state index contributed by atoms with van der Waals surface area (Å²) in [5, 5.41) is 3.54. The molecule has 0 bridgehead atoms. The Bertz CT molecular complexity index is 1090. The van der Waals surface area contributed by atoms with Gasteiger partial charge >= 0.3 is 6.03 Å². The Hall–Kier alpha value is -2.63. The van der Waals surface area contributed by atoms with E-state index in [4.69, 9.17) is 9.72 Å². The van der Waals surface area contributed by atoms with E-state index in [0.29, 0.717) is 17.7 Å². The fraction of sp³-hybridized carbons (Fsp3) is 0.421. The van der Waals surface area contributed by atoms with Gasteiger partial charge in [0.25, 0.3) is 0 Å². The number of nitrogens with one attached hydrogen (secondary N) is 1. The van der Waals surface area contributed by atoms with Crippen LogP contribution in [0.2, 0.25) is 0 Å². The van der Waals surface area contributed by atoms with Gasteiger partial charge in [0.05, 0.1) is 28.6 Å². The lowest BCUT2D eigenvalue weighted by molar-refractivity contribution is 0.0706. The molecule has 5 rings (SSSR count). The van der Waals surface area contributed by atoms with Gasteiger partial charge in [0, 0.05) is 19.3 Å². The van der Waals surface area contributed by atoms with Crippen molar-refractivity contribution in [2.75, 3.05) is 24.7 Å². The number of rotatable bonds is 2. The summed E-state index contributed by atoms with van der Waals surface area (Å²) in [4.78, 5) is 23.5. The van der Waals surface area contributed by atoms with Gasteiger partial charge in [-0.25, -0.2) is 14.8 Å². The van der Waals surface area contributed by atoms with Crippen molar-refractivity contribution in [2.45, 2.75) is 31.8 Å². The maximum Gasteiger partial charge on any atom is 0.324 e. The average molecular weight is 381 g/mol. The van der Waals surface area contributed by atoms with Crippen LogP contribution in [-0.2, 0) is 4.74 Å². The third-order valence-electron chi connectivity index (χ3n) is 5.16. The van der Waals surface area contributed by atoms with Gasteiger partial charge in [-0.1, -0.05) is 17.3 Å². The van der Waals surface area contributed by atoms with Crippen LogP contribution in [0.25, 0.3) is 21.3 Å². The average Bonchev–Trinajstić information content (AvgIpc) is 3.38. The van der Waals surface area contributed by atoms with Gasteiger partial charge < -0.3 is 14.6 Å². The summed E-state index contributed by atoms with van der Waals surface area (Å²) in [6, 6.07) is 4.11. The first-order valence-corrected chi connectivity index (χ1v) is 9.91. The molecule has 1 aromatic carbocycles. The fourth-order valence-corrected chi connectivity index (χ4v) is 4.86. The number of anilines is 1. The molecule has 4 heterocycles. The first-order valence-electron chi connectivity index (χ1n) is 9.09. The van der Waals surface area contributed by atoms with E-state index in [1.54, 1.807) is 11.8 Å². The second-order valence-electron chi connectivity index (χ2n) is 6.74. The van der Waals surface area contributed by atoms with Crippen molar-refractivity contribution in [2.24, 2.45) is 0 Å². The number of imidazole rings is 1. The zero-order valence-corrected chi connectivity index (χ0v) is 15.8. The maximum absolute atomic E-state index is 12.3. The molecule has 0 unspecified atom stereocenters. The number of carbonyl (C=O) groups is 1. The molecule has 0 aliphatic carbocycles. The highest BCUT2D eigenvalue weighted by atomic mass is 32.1. The normalized spacial score (nSPS) is 20.9. The lowest BCUT2D eigenvalue weighted by Gasteiger charge is -2.23. The fourth-order valence-electron chi connectivity index (χ4n) is 3.85. The van der Waals surface area contributed by atoms with Crippen LogP contribution in [0.15, 0.2) is 18.5 Å². The van der Waals surface area contributed by atoms with Crippen molar-refractivity contribution in [1.29, 1.82) is 0 Å². The summed E-state index contributed by atoms with van der Waals surface area (Å²) in [6.07, 6.45) is 3.86. The number of benzene rings is 1. The minimum absolute atomic E-state index is 0.143. The summed E-state index contributed by atoms with van der Waals surface area (Å²) in [6.45, 7) is 3.85. The highest BCUT2D eigenvalue weighted by Crippen LogP contribution is 2.36. The smallest absolute Gasteiger partial charge is 0.324 e. The minimum atomic E-state index is -0.182. The number of carbonyl (C=O) groups excluding carboxylic acids is 1. The zero-order chi connectivity index (χ0) is 18.4. The summed E-state index contributed by atoms with van der Waals surface area (Å²) in [5.74, 6) is 6.00. The summed E-state index contributed by atoms with van der Waals surface area (Å²) in [5.41, 5.74) is 2.88. The summed E-state index contributed by atoms with van der Waals surface area (Å²) >= 11 is 1.52. The van der Waals surface area contributed by atoms with Crippen LogP contribution < -0.4 is 10.2 Å². The van der Waals surface area contributed by atoms with E-state index in [9.17, 15) is 4.79 Å². The van der Waals surface area contributed by atoms with Crippen molar-refractivity contribution in [3.63, 3.8) is 0 Å². The van der Waals surface area contributed by atoms with Gasteiger partial charge in [0.1, 0.15) is 11.6 Å². The highest BCUT2D eigenvalue weighted by Gasteiger charge is 2.33. The van der Waals surface area contributed by atoms with E-state index >= 15 is 0 Å². The zero-order valence-electron chi connectivity index (χ0n) is 14.9. The van der Waals surface area contributed by atoms with E-state index in [1.807, 2.05) is 18.5 Å². The van der Waals surface area contributed by atoms with Crippen LogP contribution in [0.1, 0.15) is 25.8 Å². The molecule has 2 aliphatic rings. The molecule has 0 saturated carbocycles. The van der Waals surface area contributed by atoms with Gasteiger partial charge in [-0.15, -0.1) is 5.92 Å². The van der Waals surface area contributed by atoms with Crippen molar-refractivity contribution >= 4 is 43.7 Å². The molecular formula is C19H19N5O2S. The van der Waals surface area contributed by atoms with Crippen LogP contribution in [0.4, 0.5) is 9.93 Å². The van der Waals surface area contributed by atoms with Crippen LogP contribution in [0.5, 0.6) is 0 Å². The van der Waals surface area contributed by atoms with Crippen molar-refractivity contribution in [1.82, 2.24) is 19.9 Å².